The van der Waals surface area contributed by atoms with Gasteiger partial charge >= 0.3 is 0 Å². The highest BCUT2D eigenvalue weighted by Crippen LogP contribution is 2.27. The van der Waals surface area contributed by atoms with Crippen LogP contribution >= 0.6 is 0 Å². The smallest absolute Gasteiger partial charge is 0.165 e. The normalized spacial score (nSPS) is 25.1. The molecule has 20 heavy (non-hydrogen) atoms. The van der Waals surface area contributed by atoms with E-state index in [2.05, 4.69) is 48.1 Å². The van der Waals surface area contributed by atoms with Gasteiger partial charge in [0, 0.05) is 12.6 Å². The van der Waals surface area contributed by atoms with Gasteiger partial charge in [0.25, 0.3) is 0 Å². The quantitative estimate of drug-likeness (QED) is 0.904. The molecule has 0 unspecified atom stereocenters. The van der Waals surface area contributed by atoms with Crippen molar-refractivity contribution in [1.29, 1.82) is 0 Å². The van der Waals surface area contributed by atoms with Gasteiger partial charge in [-0.1, -0.05) is 6.92 Å². The Kier molecular flexibility index (Phi) is 4.75. The molecule has 0 saturated carbocycles. The molecule has 0 aliphatic carbocycles. The van der Waals surface area contributed by atoms with Crippen molar-refractivity contribution in [2.75, 3.05) is 13.2 Å². The first kappa shape index (κ1) is 15.4. The van der Waals surface area contributed by atoms with Crippen LogP contribution in [0.2, 0.25) is 0 Å². The van der Waals surface area contributed by atoms with Gasteiger partial charge in [-0.3, -0.25) is 4.90 Å². The van der Waals surface area contributed by atoms with Crippen LogP contribution in [-0.4, -0.2) is 49.4 Å². The lowest BCUT2D eigenvalue weighted by molar-refractivity contribution is 0.0672. The molecular formula is C14H27N5O. The highest BCUT2D eigenvalue weighted by atomic mass is 16.3. The summed E-state index contributed by atoms with van der Waals surface area (Å²) in [7, 11) is 0. The molecule has 0 radical (unpaired) electrons. The predicted octanol–water partition coefficient (Wildman–Crippen LogP) is 1.41. The van der Waals surface area contributed by atoms with Gasteiger partial charge < -0.3 is 5.11 Å². The number of aliphatic hydroxyl groups is 1. The van der Waals surface area contributed by atoms with Crippen molar-refractivity contribution in [1.82, 2.24) is 25.1 Å². The number of hydrogen-bond acceptors (Lipinski definition) is 5. The standard InChI is InChI=1S/C14H27N5O/c1-11-6-5-8-18(12(11)7-9-20)10-13-15-16-17-19(13)14(2,3)4/h11-12,20H,5-10H2,1-4H3/t11-,12-/m0/s1. The van der Waals surface area contributed by atoms with E-state index in [4.69, 9.17) is 0 Å². The van der Waals surface area contributed by atoms with Crippen LogP contribution in [-0.2, 0) is 12.1 Å². The lowest BCUT2D eigenvalue weighted by Crippen LogP contribution is -2.45. The molecular weight excluding hydrogens is 254 g/mol. The fourth-order valence-corrected chi connectivity index (χ4v) is 3.14. The molecule has 1 aliphatic rings. The topological polar surface area (TPSA) is 67.1 Å². The third-order valence-electron chi connectivity index (χ3n) is 4.17. The van der Waals surface area contributed by atoms with Gasteiger partial charge in [-0.2, -0.15) is 0 Å². The minimum Gasteiger partial charge on any atom is -0.396 e. The monoisotopic (exact) mass is 281 g/mol. The zero-order valence-electron chi connectivity index (χ0n) is 13.1. The van der Waals surface area contributed by atoms with E-state index in [1.165, 1.54) is 12.8 Å². The van der Waals surface area contributed by atoms with E-state index in [1.54, 1.807) is 0 Å². The Morgan fingerprint density at radius 2 is 2.10 bits per heavy atom. The van der Waals surface area contributed by atoms with Crippen LogP contribution in [0.1, 0.15) is 52.8 Å². The summed E-state index contributed by atoms with van der Waals surface area (Å²) >= 11 is 0. The summed E-state index contributed by atoms with van der Waals surface area (Å²) in [6.45, 7) is 10.7. The molecule has 2 rings (SSSR count). The van der Waals surface area contributed by atoms with Crippen LogP contribution in [0.15, 0.2) is 0 Å². The molecule has 2 atom stereocenters. The molecule has 1 aromatic rings. The van der Waals surface area contributed by atoms with E-state index in [0.717, 1.165) is 25.3 Å². The molecule has 1 fully saturated rings. The van der Waals surface area contributed by atoms with Gasteiger partial charge in [-0.15, -0.1) is 5.10 Å². The first-order chi connectivity index (χ1) is 9.43. The van der Waals surface area contributed by atoms with E-state index in [1.807, 2.05) is 4.68 Å². The van der Waals surface area contributed by atoms with Crippen molar-refractivity contribution in [3.63, 3.8) is 0 Å². The molecule has 6 nitrogen and oxygen atoms in total. The SMILES string of the molecule is C[C@H]1CCCN(Cc2nnnn2C(C)(C)C)[C@H]1CCO. The van der Waals surface area contributed by atoms with Gasteiger partial charge in [-0.25, -0.2) is 4.68 Å². The second kappa shape index (κ2) is 6.18. The Bertz CT molecular complexity index is 425. The number of nitrogens with zero attached hydrogens (tertiary/aromatic N) is 5. The minimum atomic E-state index is -0.104. The molecule has 1 aliphatic heterocycles. The van der Waals surface area contributed by atoms with Crippen molar-refractivity contribution in [3.05, 3.63) is 5.82 Å². The number of rotatable bonds is 4. The number of likely N-dealkylation sites (tertiary alicyclic amines) is 1. The van der Waals surface area contributed by atoms with Crippen molar-refractivity contribution in [2.24, 2.45) is 5.92 Å². The molecule has 6 heteroatoms. The van der Waals surface area contributed by atoms with Crippen LogP contribution in [0.25, 0.3) is 0 Å². The molecule has 0 aromatic carbocycles. The zero-order chi connectivity index (χ0) is 14.8. The molecule has 1 saturated heterocycles. The molecule has 2 heterocycles. The minimum absolute atomic E-state index is 0.104. The van der Waals surface area contributed by atoms with Crippen LogP contribution < -0.4 is 0 Å². The Labute approximate surface area is 121 Å². The summed E-state index contributed by atoms with van der Waals surface area (Å²) in [5, 5.41) is 21.4. The Morgan fingerprint density at radius 1 is 1.35 bits per heavy atom. The van der Waals surface area contributed by atoms with Crippen molar-refractivity contribution < 1.29 is 5.11 Å². The molecule has 114 valence electrons. The van der Waals surface area contributed by atoms with Crippen LogP contribution in [0.4, 0.5) is 0 Å². The number of hydrogen-bond donors (Lipinski definition) is 1. The predicted molar refractivity (Wildman–Crippen MR) is 77.1 cm³/mol. The van der Waals surface area contributed by atoms with Gasteiger partial charge in [0.05, 0.1) is 12.1 Å². The lowest BCUT2D eigenvalue weighted by Gasteiger charge is -2.39. The summed E-state index contributed by atoms with van der Waals surface area (Å²) in [4.78, 5) is 2.43. The van der Waals surface area contributed by atoms with Gasteiger partial charge in [0.2, 0.25) is 0 Å². The van der Waals surface area contributed by atoms with E-state index in [0.29, 0.717) is 12.0 Å². The summed E-state index contributed by atoms with van der Waals surface area (Å²) in [5.41, 5.74) is -0.104. The maximum atomic E-state index is 9.29. The third-order valence-corrected chi connectivity index (χ3v) is 4.17. The Morgan fingerprint density at radius 3 is 2.75 bits per heavy atom. The molecule has 0 bridgehead atoms. The summed E-state index contributed by atoms with van der Waals surface area (Å²) in [6, 6.07) is 0.430. The molecule has 0 amide bonds. The largest absolute Gasteiger partial charge is 0.396 e. The van der Waals surface area contributed by atoms with Gasteiger partial charge in [0.15, 0.2) is 5.82 Å². The fraction of sp³-hybridized carbons (Fsp3) is 0.929. The Balaban J connectivity index is 2.13. The molecule has 1 N–H and O–H groups in total. The van der Waals surface area contributed by atoms with E-state index in [9.17, 15) is 5.11 Å². The average Bonchev–Trinajstić information content (AvgIpc) is 2.81. The summed E-state index contributed by atoms with van der Waals surface area (Å²) in [6.07, 6.45) is 3.28. The first-order valence-corrected chi connectivity index (χ1v) is 7.56. The van der Waals surface area contributed by atoms with Crippen molar-refractivity contribution in [3.8, 4) is 0 Å². The second-order valence-electron chi connectivity index (χ2n) is 6.85. The zero-order valence-corrected chi connectivity index (χ0v) is 13.1. The third kappa shape index (κ3) is 3.35. The van der Waals surface area contributed by atoms with Crippen molar-refractivity contribution in [2.45, 2.75) is 65.1 Å². The first-order valence-electron chi connectivity index (χ1n) is 7.56. The van der Waals surface area contributed by atoms with E-state index in [-0.39, 0.29) is 12.1 Å². The van der Waals surface area contributed by atoms with Crippen LogP contribution in [0.5, 0.6) is 0 Å². The highest BCUT2D eigenvalue weighted by molar-refractivity contribution is 4.91. The second-order valence-corrected chi connectivity index (χ2v) is 6.85. The maximum absolute atomic E-state index is 9.29. The summed E-state index contributed by atoms with van der Waals surface area (Å²) < 4.78 is 1.91. The maximum Gasteiger partial charge on any atom is 0.165 e. The van der Waals surface area contributed by atoms with Crippen LogP contribution in [0, 0.1) is 5.92 Å². The Hall–Kier alpha value is -1.01. The fourth-order valence-electron chi connectivity index (χ4n) is 3.14. The lowest BCUT2D eigenvalue weighted by atomic mass is 9.89. The molecule has 1 aromatic heterocycles. The summed E-state index contributed by atoms with van der Waals surface area (Å²) in [5.74, 6) is 1.53. The van der Waals surface area contributed by atoms with E-state index < -0.39 is 0 Å². The number of tetrazole rings is 1. The molecule has 0 spiro atoms. The number of aromatic nitrogens is 4. The van der Waals surface area contributed by atoms with Gasteiger partial charge in [0.1, 0.15) is 0 Å². The van der Waals surface area contributed by atoms with Crippen molar-refractivity contribution >= 4 is 0 Å². The van der Waals surface area contributed by atoms with Crippen LogP contribution in [0.3, 0.4) is 0 Å². The number of piperidine rings is 1. The highest BCUT2D eigenvalue weighted by Gasteiger charge is 2.30. The van der Waals surface area contributed by atoms with E-state index >= 15 is 0 Å². The average molecular weight is 281 g/mol. The number of aliphatic hydroxyl groups excluding tert-OH is 1. The van der Waals surface area contributed by atoms with Gasteiger partial charge in [-0.05, 0) is 62.9 Å².